The summed E-state index contributed by atoms with van der Waals surface area (Å²) in [4.78, 5) is 13.2. The Bertz CT molecular complexity index is 814. The monoisotopic (exact) mass is 316 g/mol. The van der Waals surface area contributed by atoms with Crippen LogP contribution in [-0.2, 0) is 4.74 Å². The molecule has 0 aliphatic heterocycles. The number of nitrogens with zero attached hydrogens (tertiary/aromatic N) is 4. The van der Waals surface area contributed by atoms with E-state index in [9.17, 15) is 0 Å². The third kappa shape index (κ3) is 3.45. The second kappa shape index (κ2) is 7.15. The van der Waals surface area contributed by atoms with E-state index in [2.05, 4.69) is 24.8 Å². The normalized spacial score (nSPS) is 10.3. The standard InChI is InChI=1S/C14H14N4O2.C2H6O/c1-7-5-10-13(17-11(19-4)6-15-10)12(8(7)2)14-16-9(3)20-18-14;1-3-2/h5-6H,1-4H3;1-2H3. The number of aryl methyl sites for hydroxylation is 2. The molecule has 3 rings (SSSR count). The van der Waals surface area contributed by atoms with Gasteiger partial charge < -0.3 is 14.0 Å². The maximum atomic E-state index is 5.15. The predicted octanol–water partition coefficient (Wildman–Crippen LogP) is 2.88. The van der Waals surface area contributed by atoms with Crippen molar-refractivity contribution in [3.8, 4) is 17.3 Å². The molecular formula is C16H20N4O3. The highest BCUT2D eigenvalue weighted by molar-refractivity contribution is 5.92. The number of aromatic nitrogens is 4. The number of hydrogen-bond acceptors (Lipinski definition) is 7. The Morgan fingerprint density at radius 1 is 1.04 bits per heavy atom. The van der Waals surface area contributed by atoms with Crippen molar-refractivity contribution in [1.29, 1.82) is 0 Å². The first-order valence-corrected chi connectivity index (χ1v) is 7.03. The van der Waals surface area contributed by atoms with Crippen molar-refractivity contribution in [2.45, 2.75) is 20.8 Å². The first-order chi connectivity index (χ1) is 11.0. The SMILES string of the molecule is COC.COc1cnc2cc(C)c(C)c(-c3noc(C)n3)c2n1. The smallest absolute Gasteiger partial charge is 0.232 e. The van der Waals surface area contributed by atoms with Crippen LogP contribution in [0.15, 0.2) is 16.8 Å². The first kappa shape index (κ1) is 16.8. The lowest BCUT2D eigenvalue weighted by atomic mass is 10.0. The molecule has 0 atom stereocenters. The Morgan fingerprint density at radius 3 is 2.30 bits per heavy atom. The van der Waals surface area contributed by atoms with Gasteiger partial charge in [-0.25, -0.2) is 9.97 Å². The number of methoxy groups -OCH3 is 2. The maximum absolute atomic E-state index is 5.15. The van der Waals surface area contributed by atoms with Crippen molar-refractivity contribution < 1.29 is 14.0 Å². The summed E-state index contributed by atoms with van der Waals surface area (Å²) in [5.41, 5.74) is 4.50. The van der Waals surface area contributed by atoms with Gasteiger partial charge in [-0.15, -0.1) is 0 Å². The second-order valence-corrected chi connectivity index (χ2v) is 5.02. The molecule has 3 aromatic rings. The van der Waals surface area contributed by atoms with E-state index in [1.54, 1.807) is 34.4 Å². The zero-order valence-electron chi connectivity index (χ0n) is 14.2. The molecule has 7 nitrogen and oxygen atoms in total. The minimum atomic E-state index is 0.460. The third-order valence-electron chi connectivity index (χ3n) is 3.30. The average molecular weight is 316 g/mol. The Hall–Kier alpha value is -2.54. The molecule has 2 aromatic heterocycles. The summed E-state index contributed by atoms with van der Waals surface area (Å²) in [6.45, 7) is 5.80. The highest BCUT2D eigenvalue weighted by Crippen LogP contribution is 2.31. The highest BCUT2D eigenvalue weighted by Gasteiger charge is 2.17. The number of fused-ring (bicyclic) bond motifs is 1. The molecule has 0 radical (unpaired) electrons. The Balaban J connectivity index is 0.000000595. The largest absolute Gasteiger partial charge is 0.480 e. The van der Waals surface area contributed by atoms with E-state index in [-0.39, 0.29) is 0 Å². The van der Waals surface area contributed by atoms with E-state index < -0.39 is 0 Å². The van der Waals surface area contributed by atoms with Gasteiger partial charge in [-0.2, -0.15) is 4.98 Å². The van der Waals surface area contributed by atoms with Crippen LogP contribution in [0.2, 0.25) is 0 Å². The van der Waals surface area contributed by atoms with Gasteiger partial charge >= 0.3 is 0 Å². The van der Waals surface area contributed by atoms with Crippen molar-refractivity contribution in [1.82, 2.24) is 20.1 Å². The van der Waals surface area contributed by atoms with Crippen LogP contribution in [0.1, 0.15) is 17.0 Å². The van der Waals surface area contributed by atoms with Gasteiger partial charge in [0, 0.05) is 21.1 Å². The fraction of sp³-hybridized carbons (Fsp3) is 0.375. The van der Waals surface area contributed by atoms with Gasteiger partial charge in [0.1, 0.15) is 5.52 Å². The molecule has 7 heteroatoms. The van der Waals surface area contributed by atoms with E-state index in [1.165, 1.54) is 0 Å². The molecule has 0 spiro atoms. The lowest BCUT2D eigenvalue weighted by Crippen LogP contribution is -1.97. The van der Waals surface area contributed by atoms with Crippen molar-refractivity contribution in [3.63, 3.8) is 0 Å². The summed E-state index contributed by atoms with van der Waals surface area (Å²) >= 11 is 0. The number of ether oxygens (including phenoxy) is 2. The van der Waals surface area contributed by atoms with Gasteiger partial charge in [-0.05, 0) is 31.0 Å². The third-order valence-corrected chi connectivity index (χ3v) is 3.30. The fourth-order valence-corrected chi connectivity index (χ4v) is 2.13. The minimum Gasteiger partial charge on any atom is -0.480 e. The van der Waals surface area contributed by atoms with Crippen LogP contribution < -0.4 is 4.74 Å². The summed E-state index contributed by atoms with van der Waals surface area (Å²) in [6, 6.07) is 1.99. The van der Waals surface area contributed by atoms with Crippen LogP contribution in [0.25, 0.3) is 22.4 Å². The zero-order valence-corrected chi connectivity index (χ0v) is 14.2. The van der Waals surface area contributed by atoms with Crippen LogP contribution in [0.4, 0.5) is 0 Å². The van der Waals surface area contributed by atoms with Gasteiger partial charge in [-0.1, -0.05) is 5.16 Å². The molecule has 0 amide bonds. The molecule has 0 saturated heterocycles. The molecule has 0 aliphatic carbocycles. The van der Waals surface area contributed by atoms with E-state index in [0.717, 1.165) is 22.2 Å². The Kier molecular flexibility index (Phi) is 5.23. The van der Waals surface area contributed by atoms with Gasteiger partial charge in [0.2, 0.25) is 17.6 Å². The summed E-state index contributed by atoms with van der Waals surface area (Å²) in [5.74, 6) is 1.50. The quantitative estimate of drug-likeness (QED) is 0.718. The van der Waals surface area contributed by atoms with Gasteiger partial charge in [-0.3, -0.25) is 0 Å². The lowest BCUT2D eigenvalue weighted by Gasteiger charge is -2.09. The molecule has 0 aliphatic rings. The molecular weight excluding hydrogens is 296 g/mol. The summed E-state index contributed by atoms with van der Waals surface area (Å²) in [7, 11) is 4.81. The Labute approximate surface area is 134 Å². The molecule has 1 aromatic carbocycles. The summed E-state index contributed by atoms with van der Waals surface area (Å²) < 4.78 is 14.5. The van der Waals surface area contributed by atoms with Crippen LogP contribution >= 0.6 is 0 Å². The minimum absolute atomic E-state index is 0.460. The van der Waals surface area contributed by atoms with Gasteiger partial charge in [0.25, 0.3) is 0 Å². The lowest BCUT2D eigenvalue weighted by molar-refractivity contribution is 0.277. The second-order valence-electron chi connectivity index (χ2n) is 5.02. The van der Waals surface area contributed by atoms with E-state index >= 15 is 0 Å². The molecule has 0 N–H and O–H groups in total. The topological polar surface area (TPSA) is 83.2 Å². The van der Waals surface area contributed by atoms with Crippen LogP contribution in [0, 0.1) is 20.8 Å². The van der Waals surface area contributed by atoms with Crippen LogP contribution in [0.5, 0.6) is 5.88 Å². The summed E-state index contributed by atoms with van der Waals surface area (Å²) in [6.07, 6.45) is 1.60. The van der Waals surface area contributed by atoms with Gasteiger partial charge in [0.05, 0.1) is 24.4 Å². The molecule has 122 valence electrons. The van der Waals surface area contributed by atoms with E-state index in [1.807, 2.05) is 19.9 Å². The van der Waals surface area contributed by atoms with Gasteiger partial charge in [0.15, 0.2) is 0 Å². The number of rotatable bonds is 2. The van der Waals surface area contributed by atoms with E-state index in [0.29, 0.717) is 23.1 Å². The maximum Gasteiger partial charge on any atom is 0.232 e. The number of benzene rings is 1. The van der Waals surface area contributed by atoms with E-state index in [4.69, 9.17) is 9.26 Å². The molecule has 2 heterocycles. The first-order valence-electron chi connectivity index (χ1n) is 7.03. The average Bonchev–Trinajstić information content (AvgIpc) is 2.95. The summed E-state index contributed by atoms with van der Waals surface area (Å²) in [5, 5.41) is 4.00. The van der Waals surface area contributed by atoms with Crippen molar-refractivity contribution in [2.24, 2.45) is 0 Å². The zero-order chi connectivity index (χ0) is 17.0. The van der Waals surface area contributed by atoms with Crippen molar-refractivity contribution in [2.75, 3.05) is 21.3 Å². The highest BCUT2D eigenvalue weighted by atomic mass is 16.5. The molecule has 0 saturated carbocycles. The van der Waals surface area contributed by atoms with Crippen LogP contribution in [0.3, 0.4) is 0 Å². The Morgan fingerprint density at radius 2 is 1.74 bits per heavy atom. The molecule has 23 heavy (non-hydrogen) atoms. The van der Waals surface area contributed by atoms with Crippen molar-refractivity contribution in [3.05, 3.63) is 29.3 Å². The molecule has 0 bridgehead atoms. The number of hydrogen-bond donors (Lipinski definition) is 0. The fourth-order valence-electron chi connectivity index (χ4n) is 2.13. The predicted molar refractivity (Wildman–Crippen MR) is 86.5 cm³/mol. The molecule has 0 fully saturated rings. The molecule has 0 unspecified atom stereocenters. The van der Waals surface area contributed by atoms with Crippen LogP contribution in [-0.4, -0.2) is 41.4 Å². The van der Waals surface area contributed by atoms with Crippen molar-refractivity contribution >= 4 is 11.0 Å².